The third-order valence-electron chi connectivity index (χ3n) is 3.73. The van der Waals surface area contributed by atoms with Crippen LogP contribution in [0.25, 0.3) is 0 Å². The maximum Gasteiger partial charge on any atom is 0.320 e. The van der Waals surface area contributed by atoms with E-state index in [2.05, 4.69) is 15.6 Å². The maximum absolute atomic E-state index is 12.1. The zero-order chi connectivity index (χ0) is 16.9. The van der Waals surface area contributed by atoms with Gasteiger partial charge in [-0.05, 0) is 17.7 Å². The van der Waals surface area contributed by atoms with E-state index in [4.69, 9.17) is 11.6 Å². The molecular weight excluding hydrogens is 328 g/mol. The summed E-state index contributed by atoms with van der Waals surface area (Å²) < 4.78 is 0. The van der Waals surface area contributed by atoms with Crippen LogP contribution in [0.2, 0.25) is 5.02 Å². The Bertz CT molecular complexity index is 721. The molecule has 1 aromatic heterocycles. The Hall–Kier alpha value is -2.60. The molecule has 3 rings (SSSR count). The Morgan fingerprint density at radius 1 is 1.25 bits per heavy atom. The van der Waals surface area contributed by atoms with E-state index in [0.717, 1.165) is 5.56 Å². The Labute approximate surface area is 144 Å². The number of rotatable bonds is 4. The molecule has 1 atom stereocenters. The number of amides is 3. The van der Waals surface area contributed by atoms with Gasteiger partial charge in [-0.3, -0.25) is 10.1 Å². The van der Waals surface area contributed by atoms with Crippen molar-refractivity contribution in [2.24, 2.45) is 0 Å². The van der Waals surface area contributed by atoms with Gasteiger partial charge in [-0.15, -0.1) is 0 Å². The van der Waals surface area contributed by atoms with Gasteiger partial charge < -0.3 is 10.2 Å². The predicted octanol–water partition coefficient (Wildman–Crippen LogP) is 2.66. The van der Waals surface area contributed by atoms with E-state index >= 15 is 0 Å². The molecule has 1 unspecified atom stereocenters. The summed E-state index contributed by atoms with van der Waals surface area (Å²) in [7, 11) is 0. The van der Waals surface area contributed by atoms with Crippen molar-refractivity contribution in [3.8, 4) is 0 Å². The van der Waals surface area contributed by atoms with E-state index in [-0.39, 0.29) is 18.0 Å². The highest BCUT2D eigenvalue weighted by Crippen LogP contribution is 2.15. The van der Waals surface area contributed by atoms with Gasteiger partial charge in [-0.25, -0.2) is 9.78 Å². The number of nitrogens with one attached hydrogen (secondary N) is 2. The van der Waals surface area contributed by atoms with Crippen molar-refractivity contribution in [1.82, 2.24) is 15.2 Å². The molecule has 2 heterocycles. The number of carbonyl (C=O) groups is 2. The molecule has 0 radical (unpaired) electrons. The number of carbonyl (C=O) groups excluding carboxylic acids is 2. The third kappa shape index (κ3) is 4.23. The number of likely N-dealkylation sites (tertiary alicyclic amines) is 1. The van der Waals surface area contributed by atoms with Crippen molar-refractivity contribution in [2.45, 2.75) is 19.0 Å². The van der Waals surface area contributed by atoms with Crippen LogP contribution in [0.3, 0.4) is 0 Å². The first-order valence-corrected chi connectivity index (χ1v) is 7.99. The monoisotopic (exact) mass is 344 g/mol. The molecule has 24 heavy (non-hydrogen) atoms. The van der Waals surface area contributed by atoms with Crippen LogP contribution in [0.15, 0.2) is 48.7 Å². The number of halogens is 1. The highest BCUT2D eigenvalue weighted by Gasteiger charge is 2.30. The fourth-order valence-corrected chi connectivity index (χ4v) is 2.72. The molecule has 6 nitrogen and oxygen atoms in total. The zero-order valence-electron chi connectivity index (χ0n) is 12.9. The van der Waals surface area contributed by atoms with Crippen LogP contribution in [-0.2, 0) is 11.3 Å². The molecule has 1 fully saturated rings. The quantitative estimate of drug-likeness (QED) is 0.895. The Balaban J connectivity index is 1.52. The number of nitrogens with zero attached hydrogens (tertiary/aromatic N) is 2. The second kappa shape index (κ2) is 7.31. The second-order valence-corrected chi connectivity index (χ2v) is 6.06. The van der Waals surface area contributed by atoms with Crippen LogP contribution >= 0.6 is 11.6 Å². The number of pyridine rings is 1. The zero-order valence-corrected chi connectivity index (χ0v) is 13.7. The van der Waals surface area contributed by atoms with Crippen molar-refractivity contribution in [2.75, 3.05) is 11.9 Å². The van der Waals surface area contributed by atoms with Crippen LogP contribution in [0, 0.1) is 0 Å². The summed E-state index contributed by atoms with van der Waals surface area (Å²) in [5.74, 6) is 0.441. The molecule has 0 spiro atoms. The molecular formula is C17H17ClN4O2. The van der Waals surface area contributed by atoms with Crippen molar-refractivity contribution in [3.05, 3.63) is 59.2 Å². The number of aromatic nitrogens is 1. The highest BCUT2D eigenvalue weighted by molar-refractivity contribution is 6.30. The van der Waals surface area contributed by atoms with Gasteiger partial charge in [0.2, 0.25) is 5.91 Å². The number of benzene rings is 1. The summed E-state index contributed by atoms with van der Waals surface area (Å²) in [5.41, 5.74) is 1.07. The van der Waals surface area contributed by atoms with E-state index in [1.165, 1.54) is 6.20 Å². The number of hydrogen-bond acceptors (Lipinski definition) is 3. The summed E-state index contributed by atoms with van der Waals surface area (Å²) >= 11 is 5.75. The first-order valence-electron chi connectivity index (χ1n) is 7.61. The largest absolute Gasteiger partial charge is 0.336 e. The first kappa shape index (κ1) is 16.3. The van der Waals surface area contributed by atoms with Gasteiger partial charge >= 0.3 is 6.03 Å². The molecule has 2 aromatic rings. The van der Waals surface area contributed by atoms with Crippen molar-refractivity contribution in [1.29, 1.82) is 0 Å². The SMILES string of the molecule is O=C(Nc1ccc(Cl)cn1)NC1CC(=O)N(Cc2ccccc2)C1. The Morgan fingerprint density at radius 2 is 2.04 bits per heavy atom. The fraction of sp³-hybridized carbons (Fsp3) is 0.235. The van der Waals surface area contributed by atoms with Crippen LogP contribution < -0.4 is 10.6 Å². The Kier molecular flexibility index (Phi) is 4.96. The molecule has 0 aliphatic carbocycles. The van der Waals surface area contributed by atoms with Crippen molar-refractivity contribution >= 4 is 29.4 Å². The maximum atomic E-state index is 12.1. The predicted molar refractivity (Wildman–Crippen MR) is 91.7 cm³/mol. The van der Waals surface area contributed by atoms with Crippen molar-refractivity contribution < 1.29 is 9.59 Å². The van der Waals surface area contributed by atoms with E-state index in [1.54, 1.807) is 17.0 Å². The van der Waals surface area contributed by atoms with Gasteiger partial charge in [-0.2, -0.15) is 0 Å². The lowest BCUT2D eigenvalue weighted by atomic mass is 10.2. The average Bonchev–Trinajstić information content (AvgIpc) is 2.90. The molecule has 1 aromatic carbocycles. The van der Waals surface area contributed by atoms with E-state index in [1.807, 2.05) is 30.3 Å². The summed E-state index contributed by atoms with van der Waals surface area (Å²) in [6.07, 6.45) is 1.76. The minimum absolute atomic E-state index is 0.0359. The summed E-state index contributed by atoms with van der Waals surface area (Å²) in [6, 6.07) is 12.4. The normalized spacial score (nSPS) is 17.0. The molecule has 1 saturated heterocycles. The molecule has 1 aliphatic rings. The lowest BCUT2D eigenvalue weighted by molar-refractivity contribution is -0.128. The third-order valence-corrected chi connectivity index (χ3v) is 3.96. The number of hydrogen-bond donors (Lipinski definition) is 2. The van der Waals surface area contributed by atoms with Gasteiger partial charge in [0.15, 0.2) is 0 Å². The van der Waals surface area contributed by atoms with Gasteiger partial charge in [0.1, 0.15) is 5.82 Å². The topological polar surface area (TPSA) is 74.3 Å². The molecule has 0 saturated carbocycles. The highest BCUT2D eigenvalue weighted by atomic mass is 35.5. The number of anilines is 1. The van der Waals surface area contributed by atoms with Gasteiger partial charge in [0.25, 0.3) is 0 Å². The average molecular weight is 345 g/mol. The minimum atomic E-state index is -0.385. The number of urea groups is 1. The van der Waals surface area contributed by atoms with E-state index < -0.39 is 0 Å². The lowest BCUT2D eigenvalue weighted by Crippen LogP contribution is -2.39. The van der Waals surface area contributed by atoms with Gasteiger partial charge in [0.05, 0.1) is 11.1 Å². The first-order chi connectivity index (χ1) is 11.6. The molecule has 3 amide bonds. The summed E-state index contributed by atoms with van der Waals surface area (Å²) in [5, 5.41) is 5.93. The summed E-state index contributed by atoms with van der Waals surface area (Å²) in [4.78, 5) is 29.8. The molecule has 7 heteroatoms. The summed E-state index contributed by atoms with van der Waals surface area (Å²) in [6.45, 7) is 1.05. The van der Waals surface area contributed by atoms with Crippen molar-refractivity contribution in [3.63, 3.8) is 0 Å². The van der Waals surface area contributed by atoms with Crippen LogP contribution in [0.4, 0.5) is 10.6 Å². The van der Waals surface area contributed by atoms with E-state index in [0.29, 0.717) is 30.4 Å². The molecule has 2 N–H and O–H groups in total. The molecule has 0 bridgehead atoms. The standard InChI is InChI=1S/C17H17ClN4O2/c18-13-6-7-15(19-9-13)21-17(24)20-14-8-16(23)22(11-14)10-12-4-2-1-3-5-12/h1-7,9,14H,8,10-11H2,(H2,19,20,21,24). The fourth-order valence-electron chi connectivity index (χ4n) is 2.61. The molecule has 124 valence electrons. The minimum Gasteiger partial charge on any atom is -0.336 e. The smallest absolute Gasteiger partial charge is 0.320 e. The lowest BCUT2D eigenvalue weighted by Gasteiger charge is -2.17. The van der Waals surface area contributed by atoms with Gasteiger partial charge in [-0.1, -0.05) is 41.9 Å². The van der Waals surface area contributed by atoms with E-state index in [9.17, 15) is 9.59 Å². The molecule has 1 aliphatic heterocycles. The Morgan fingerprint density at radius 3 is 2.75 bits per heavy atom. The van der Waals surface area contributed by atoms with Gasteiger partial charge in [0, 0.05) is 25.7 Å². The second-order valence-electron chi connectivity index (χ2n) is 5.62. The van der Waals surface area contributed by atoms with Crippen LogP contribution in [0.1, 0.15) is 12.0 Å². The van der Waals surface area contributed by atoms with Crippen LogP contribution in [-0.4, -0.2) is 34.4 Å². The van der Waals surface area contributed by atoms with Crippen LogP contribution in [0.5, 0.6) is 0 Å².